The molecule has 0 radical (unpaired) electrons. The quantitative estimate of drug-likeness (QED) is 0.351. The van der Waals surface area contributed by atoms with Gasteiger partial charge in [0, 0.05) is 12.5 Å². The molecular weight excluding hydrogens is 518 g/mol. The molecule has 2 aromatic rings. The lowest BCUT2D eigenvalue weighted by molar-refractivity contribution is -0.175. The Balaban J connectivity index is 1.24. The predicted octanol–water partition coefficient (Wildman–Crippen LogP) is 8.24. The third-order valence-electron chi connectivity index (χ3n) is 13.5. The van der Waals surface area contributed by atoms with E-state index in [1.165, 1.54) is 43.2 Å². The number of carboxylic acid groups (broad SMARTS) is 1. The number of carboxylic acids is 1. The van der Waals surface area contributed by atoms with Crippen LogP contribution in [0.25, 0.3) is 11.1 Å². The molecule has 0 saturated heterocycles. The van der Waals surface area contributed by atoms with Crippen LogP contribution >= 0.6 is 0 Å². The van der Waals surface area contributed by atoms with Gasteiger partial charge in [-0.15, -0.1) is 0 Å². The van der Waals surface area contributed by atoms with E-state index in [0.29, 0.717) is 53.4 Å². The van der Waals surface area contributed by atoms with Crippen LogP contribution in [0.1, 0.15) is 90.5 Å². The highest BCUT2D eigenvalue weighted by atomic mass is 16.4. The molecule has 6 rings (SSSR count). The van der Waals surface area contributed by atoms with Gasteiger partial charge in [0.25, 0.3) is 0 Å². The number of rotatable bonds is 7. The van der Waals surface area contributed by atoms with Crippen LogP contribution in [-0.2, 0) is 10.4 Å². The summed E-state index contributed by atoms with van der Waals surface area (Å²) in [6.45, 7) is 7.48. The van der Waals surface area contributed by atoms with Gasteiger partial charge in [0.2, 0.25) is 0 Å². The van der Waals surface area contributed by atoms with Crippen molar-refractivity contribution in [1.29, 1.82) is 0 Å². The van der Waals surface area contributed by atoms with Crippen LogP contribution in [0.5, 0.6) is 0 Å². The lowest BCUT2D eigenvalue weighted by Gasteiger charge is -2.65. The third kappa shape index (κ3) is 4.95. The summed E-state index contributed by atoms with van der Waals surface area (Å²) in [5, 5.41) is 21.5. The smallest absolute Gasteiger partial charge is 0.303 e. The molecule has 10 atom stereocenters. The normalized spacial score (nSPS) is 40.2. The van der Waals surface area contributed by atoms with Gasteiger partial charge in [-0.1, -0.05) is 75.4 Å². The summed E-state index contributed by atoms with van der Waals surface area (Å²) in [4.78, 5) is 13.9. The molecule has 0 unspecified atom stereocenters. The molecule has 42 heavy (non-hydrogen) atoms. The first-order valence-corrected chi connectivity index (χ1v) is 16.7. The van der Waals surface area contributed by atoms with E-state index in [0.717, 1.165) is 31.2 Å². The highest BCUT2D eigenvalue weighted by molar-refractivity contribution is 5.66. The molecule has 0 aliphatic heterocycles. The Morgan fingerprint density at radius 3 is 2.24 bits per heavy atom. The minimum Gasteiger partial charge on any atom is -0.481 e. The molecule has 4 fully saturated rings. The molecule has 4 heteroatoms. The summed E-state index contributed by atoms with van der Waals surface area (Å²) in [5.74, 6) is 3.04. The summed E-state index contributed by atoms with van der Waals surface area (Å²) in [6.07, 6.45) is 10.2. The second kappa shape index (κ2) is 11.1. The molecule has 4 aliphatic carbocycles. The van der Waals surface area contributed by atoms with E-state index in [1.807, 2.05) is 0 Å². The second-order valence-electron chi connectivity index (χ2n) is 15.6. The number of aliphatic hydroxyl groups is 1. The zero-order valence-electron chi connectivity index (χ0n) is 26.6. The number of nitrogens with zero attached hydrogens (tertiary/aromatic N) is 1. The van der Waals surface area contributed by atoms with Gasteiger partial charge in [0.1, 0.15) is 0 Å². The van der Waals surface area contributed by atoms with Crippen LogP contribution in [0.3, 0.4) is 0 Å². The van der Waals surface area contributed by atoms with E-state index < -0.39 is 11.6 Å². The largest absolute Gasteiger partial charge is 0.481 e. The van der Waals surface area contributed by atoms with E-state index >= 15 is 0 Å². The van der Waals surface area contributed by atoms with Crippen LogP contribution in [0.15, 0.2) is 54.6 Å². The molecule has 0 spiro atoms. The summed E-state index contributed by atoms with van der Waals surface area (Å²) < 4.78 is 0. The zero-order valence-corrected chi connectivity index (χ0v) is 26.6. The van der Waals surface area contributed by atoms with Crippen molar-refractivity contribution in [3.8, 4) is 11.1 Å². The van der Waals surface area contributed by atoms with Crippen molar-refractivity contribution in [3.05, 3.63) is 60.2 Å². The molecule has 4 aliphatic rings. The maximum Gasteiger partial charge on any atom is 0.303 e. The molecule has 4 saturated carbocycles. The minimum absolute atomic E-state index is 0.266. The Morgan fingerprint density at radius 2 is 1.57 bits per heavy atom. The number of fused-ring (bicyclic) bond motifs is 5. The predicted molar refractivity (Wildman–Crippen MR) is 170 cm³/mol. The van der Waals surface area contributed by atoms with Crippen molar-refractivity contribution in [2.75, 3.05) is 14.1 Å². The molecule has 0 amide bonds. The van der Waals surface area contributed by atoms with Crippen molar-refractivity contribution < 1.29 is 15.0 Å². The molecule has 0 aromatic heterocycles. The molecular formula is C38H53NO3. The fourth-order valence-corrected chi connectivity index (χ4v) is 11.2. The van der Waals surface area contributed by atoms with Gasteiger partial charge in [-0.05, 0) is 135 Å². The van der Waals surface area contributed by atoms with Gasteiger partial charge in [-0.3, -0.25) is 4.79 Å². The molecule has 228 valence electrons. The maximum atomic E-state index is 12.2. The summed E-state index contributed by atoms with van der Waals surface area (Å²) in [6, 6.07) is 19.8. The Hall–Kier alpha value is -2.17. The van der Waals surface area contributed by atoms with Gasteiger partial charge in [0.15, 0.2) is 0 Å². The molecule has 0 bridgehead atoms. The van der Waals surface area contributed by atoms with Crippen LogP contribution in [0.2, 0.25) is 0 Å². The van der Waals surface area contributed by atoms with E-state index in [2.05, 4.69) is 94.4 Å². The fourth-order valence-electron chi connectivity index (χ4n) is 11.2. The Morgan fingerprint density at radius 1 is 0.905 bits per heavy atom. The zero-order chi connectivity index (χ0) is 29.9. The van der Waals surface area contributed by atoms with Gasteiger partial charge >= 0.3 is 5.97 Å². The van der Waals surface area contributed by atoms with E-state index in [4.69, 9.17) is 0 Å². The average molecular weight is 572 g/mol. The highest BCUT2D eigenvalue weighted by Crippen LogP contribution is 2.69. The fraction of sp³-hybridized carbons (Fsp3) is 0.658. The summed E-state index contributed by atoms with van der Waals surface area (Å²) >= 11 is 0. The number of hydrogen-bond donors (Lipinski definition) is 2. The van der Waals surface area contributed by atoms with E-state index in [9.17, 15) is 15.0 Å². The van der Waals surface area contributed by atoms with Gasteiger partial charge in [-0.25, -0.2) is 0 Å². The van der Waals surface area contributed by atoms with Crippen molar-refractivity contribution in [3.63, 3.8) is 0 Å². The van der Waals surface area contributed by atoms with Crippen LogP contribution in [0.4, 0.5) is 0 Å². The summed E-state index contributed by atoms with van der Waals surface area (Å²) in [5.41, 5.74) is 3.32. The van der Waals surface area contributed by atoms with Crippen molar-refractivity contribution in [2.45, 2.75) is 96.6 Å². The first-order valence-electron chi connectivity index (χ1n) is 16.7. The van der Waals surface area contributed by atoms with Gasteiger partial charge in [-0.2, -0.15) is 0 Å². The number of hydrogen-bond acceptors (Lipinski definition) is 3. The Labute approximate surface area is 253 Å². The minimum atomic E-state index is -0.760. The number of aliphatic carboxylic acids is 1. The number of carbonyl (C=O) groups is 1. The lowest BCUT2D eigenvalue weighted by atomic mass is 9.42. The maximum absolute atomic E-state index is 12.2. The van der Waals surface area contributed by atoms with Crippen molar-refractivity contribution >= 4 is 5.97 Å². The van der Waals surface area contributed by atoms with Gasteiger partial charge in [0.05, 0.1) is 5.60 Å². The SMILES string of the molecule is C[C@H](CCC(=O)O)[C@H]1CC[C@H]2[C@@H]3[C@H](N(C)C)C[C@@H]4C[C@@](O)(c5ccc(-c6ccccc6)cc5)CC[C@]4(C)[C@H]3CC[C@]12C. The van der Waals surface area contributed by atoms with Crippen molar-refractivity contribution in [2.24, 2.45) is 46.3 Å². The first kappa shape index (κ1) is 29.9. The molecule has 4 nitrogen and oxygen atoms in total. The molecule has 2 N–H and O–H groups in total. The topological polar surface area (TPSA) is 60.8 Å². The van der Waals surface area contributed by atoms with E-state index in [-0.39, 0.29) is 5.41 Å². The Bertz CT molecular complexity index is 1260. The first-order chi connectivity index (χ1) is 20.0. The van der Waals surface area contributed by atoms with Gasteiger partial charge < -0.3 is 15.1 Å². The standard InChI is InChI=1S/C38H53NO3/c1-25(11-18-34(40)41)30-16-17-31-35-32(19-20-37(30,31)3)36(2)21-22-38(42,24-29(36)23-33(35)39(4)5)28-14-12-27(13-15-28)26-9-7-6-8-10-26/h6-10,12-15,25,29-33,35,42H,11,16-24H2,1-5H3,(H,40,41)/t25-,29-,30-,31+,32+,33-,35+,36+,37-,38-/m1/s1. The Kier molecular flexibility index (Phi) is 7.88. The lowest BCUT2D eigenvalue weighted by Crippen LogP contribution is -2.62. The van der Waals surface area contributed by atoms with E-state index in [1.54, 1.807) is 0 Å². The number of benzene rings is 2. The third-order valence-corrected chi connectivity index (χ3v) is 13.5. The van der Waals surface area contributed by atoms with Crippen LogP contribution in [0, 0.1) is 46.3 Å². The second-order valence-corrected chi connectivity index (χ2v) is 15.6. The summed E-state index contributed by atoms with van der Waals surface area (Å²) in [7, 11) is 4.57. The van der Waals surface area contributed by atoms with Crippen LogP contribution in [-0.4, -0.2) is 41.2 Å². The highest BCUT2D eigenvalue weighted by Gasteiger charge is 2.64. The average Bonchev–Trinajstić information content (AvgIpc) is 3.33. The monoisotopic (exact) mass is 571 g/mol. The van der Waals surface area contributed by atoms with Crippen LogP contribution < -0.4 is 0 Å². The molecule has 0 heterocycles. The molecule has 2 aromatic carbocycles. The van der Waals surface area contributed by atoms with Crippen molar-refractivity contribution in [1.82, 2.24) is 4.90 Å².